The van der Waals surface area contributed by atoms with Crippen LogP contribution in [-0.2, 0) is 22.7 Å². The normalized spacial score (nSPS) is 22.5. The summed E-state index contributed by atoms with van der Waals surface area (Å²) in [5, 5.41) is 22.2. The maximum absolute atomic E-state index is 11.6. The second kappa shape index (κ2) is 6.78. The number of nitriles is 2. The van der Waals surface area contributed by atoms with Crippen molar-refractivity contribution < 1.29 is 8.42 Å². The number of aryl methyl sites for hydroxylation is 1. The Labute approximate surface area is 142 Å². The lowest BCUT2D eigenvalue weighted by Crippen LogP contribution is -2.23. The van der Waals surface area contributed by atoms with Crippen molar-refractivity contribution in [3.8, 4) is 12.1 Å². The molecule has 1 aliphatic carbocycles. The first-order valence-electron chi connectivity index (χ1n) is 8.37. The Morgan fingerprint density at radius 1 is 1.04 bits per heavy atom. The third-order valence-electron chi connectivity index (χ3n) is 4.77. The van der Waals surface area contributed by atoms with Crippen LogP contribution in [0.25, 0.3) is 0 Å². The summed E-state index contributed by atoms with van der Waals surface area (Å²) in [4.78, 5) is 4.63. The standard InChI is InChI=1S/C17H20N4O2S/c18-9-14-13-5-3-1-2-4-6-16(13)21-17(15(14)10-19)20-12-7-8-24(22,23)11-12/h12H,1-8,11H2,(H,20,21)/t12-/m1/s1. The molecule has 1 saturated heterocycles. The molecule has 126 valence electrons. The average Bonchev–Trinajstić information content (AvgIpc) is 2.86. The van der Waals surface area contributed by atoms with Crippen LogP contribution in [-0.4, -0.2) is 30.9 Å². The lowest BCUT2D eigenvalue weighted by atomic mass is 9.91. The molecule has 6 nitrogen and oxygen atoms in total. The molecular weight excluding hydrogens is 324 g/mol. The molecule has 1 N–H and O–H groups in total. The smallest absolute Gasteiger partial charge is 0.152 e. The lowest BCUT2D eigenvalue weighted by Gasteiger charge is -2.19. The summed E-state index contributed by atoms with van der Waals surface area (Å²) in [7, 11) is -3.02. The molecule has 0 spiro atoms. The van der Waals surface area contributed by atoms with Gasteiger partial charge in [0.2, 0.25) is 0 Å². The Kier molecular flexibility index (Phi) is 4.73. The van der Waals surface area contributed by atoms with Crippen molar-refractivity contribution >= 4 is 15.7 Å². The summed E-state index contributed by atoms with van der Waals surface area (Å²) >= 11 is 0. The molecule has 0 amide bonds. The van der Waals surface area contributed by atoms with E-state index in [-0.39, 0.29) is 23.1 Å². The van der Waals surface area contributed by atoms with Gasteiger partial charge in [0.05, 0.1) is 17.1 Å². The van der Waals surface area contributed by atoms with Crippen molar-refractivity contribution in [2.75, 3.05) is 16.8 Å². The van der Waals surface area contributed by atoms with E-state index < -0.39 is 9.84 Å². The molecule has 1 aliphatic heterocycles. The van der Waals surface area contributed by atoms with Crippen LogP contribution < -0.4 is 5.32 Å². The minimum absolute atomic E-state index is 0.0541. The number of anilines is 1. The van der Waals surface area contributed by atoms with E-state index in [0.717, 1.165) is 49.8 Å². The van der Waals surface area contributed by atoms with Crippen molar-refractivity contribution in [1.29, 1.82) is 10.5 Å². The van der Waals surface area contributed by atoms with Crippen molar-refractivity contribution in [3.05, 3.63) is 22.4 Å². The van der Waals surface area contributed by atoms with Crippen molar-refractivity contribution in [2.24, 2.45) is 0 Å². The fourth-order valence-electron chi connectivity index (χ4n) is 3.53. The summed E-state index contributed by atoms with van der Waals surface area (Å²) < 4.78 is 23.3. The number of fused-ring (bicyclic) bond motifs is 1. The fraction of sp³-hybridized carbons (Fsp3) is 0.588. The summed E-state index contributed by atoms with van der Waals surface area (Å²) in [5.41, 5.74) is 2.45. The van der Waals surface area contributed by atoms with E-state index in [0.29, 0.717) is 17.8 Å². The average molecular weight is 344 g/mol. The highest BCUT2D eigenvalue weighted by Crippen LogP contribution is 2.29. The monoisotopic (exact) mass is 344 g/mol. The first-order chi connectivity index (χ1) is 11.5. The van der Waals surface area contributed by atoms with Gasteiger partial charge in [0.15, 0.2) is 9.84 Å². The van der Waals surface area contributed by atoms with Gasteiger partial charge in [0.1, 0.15) is 23.5 Å². The number of pyridine rings is 1. The van der Waals surface area contributed by atoms with E-state index in [4.69, 9.17) is 0 Å². The molecule has 0 bridgehead atoms. The molecule has 7 heteroatoms. The molecule has 0 aromatic carbocycles. The highest BCUT2D eigenvalue weighted by atomic mass is 32.2. The number of sulfone groups is 1. The highest BCUT2D eigenvalue weighted by molar-refractivity contribution is 7.91. The van der Waals surface area contributed by atoms with E-state index in [1.807, 2.05) is 0 Å². The molecule has 0 unspecified atom stereocenters. The van der Waals surface area contributed by atoms with Crippen molar-refractivity contribution in [2.45, 2.75) is 51.0 Å². The van der Waals surface area contributed by atoms with Gasteiger partial charge >= 0.3 is 0 Å². The lowest BCUT2D eigenvalue weighted by molar-refractivity contribution is 0.601. The van der Waals surface area contributed by atoms with E-state index in [2.05, 4.69) is 22.4 Å². The molecular formula is C17H20N4O2S. The van der Waals surface area contributed by atoms with E-state index >= 15 is 0 Å². The summed E-state index contributed by atoms with van der Waals surface area (Å²) in [6.45, 7) is 0. The van der Waals surface area contributed by atoms with Gasteiger partial charge in [0, 0.05) is 11.7 Å². The Morgan fingerprint density at radius 2 is 1.75 bits per heavy atom. The predicted octanol–water partition coefficient (Wildman–Crippen LogP) is 2.08. The van der Waals surface area contributed by atoms with Crippen LogP contribution in [0.2, 0.25) is 0 Å². The third-order valence-corrected chi connectivity index (χ3v) is 6.54. The molecule has 1 aromatic rings. The molecule has 2 aliphatic rings. The largest absolute Gasteiger partial charge is 0.365 e. The minimum atomic E-state index is -3.02. The predicted molar refractivity (Wildman–Crippen MR) is 90.2 cm³/mol. The zero-order valence-electron chi connectivity index (χ0n) is 13.5. The maximum Gasteiger partial charge on any atom is 0.152 e. The SMILES string of the molecule is N#Cc1c(N[C@@H]2CCS(=O)(=O)C2)nc2c(c1C#N)CCCCCC2. The summed E-state index contributed by atoms with van der Waals surface area (Å²) in [6.07, 6.45) is 6.38. The first kappa shape index (κ1) is 16.7. The van der Waals surface area contributed by atoms with Gasteiger partial charge < -0.3 is 5.32 Å². The minimum Gasteiger partial charge on any atom is -0.365 e. The number of rotatable bonds is 2. The first-order valence-corrected chi connectivity index (χ1v) is 10.2. The van der Waals surface area contributed by atoms with Crippen LogP contribution in [0.5, 0.6) is 0 Å². The van der Waals surface area contributed by atoms with Gasteiger partial charge in [-0.3, -0.25) is 0 Å². The third kappa shape index (κ3) is 3.37. The van der Waals surface area contributed by atoms with Gasteiger partial charge in [-0.25, -0.2) is 13.4 Å². The molecule has 0 saturated carbocycles. The van der Waals surface area contributed by atoms with Crippen LogP contribution >= 0.6 is 0 Å². The highest BCUT2D eigenvalue weighted by Gasteiger charge is 2.29. The number of hydrogen-bond acceptors (Lipinski definition) is 6. The van der Waals surface area contributed by atoms with Crippen LogP contribution in [0, 0.1) is 22.7 Å². The van der Waals surface area contributed by atoms with Crippen LogP contribution in [0.1, 0.15) is 54.5 Å². The van der Waals surface area contributed by atoms with Gasteiger partial charge in [-0.15, -0.1) is 0 Å². The molecule has 1 atom stereocenters. The second-order valence-corrected chi connectivity index (χ2v) is 8.75. The number of nitrogens with zero attached hydrogens (tertiary/aromatic N) is 3. The second-order valence-electron chi connectivity index (χ2n) is 6.52. The van der Waals surface area contributed by atoms with Crippen molar-refractivity contribution in [3.63, 3.8) is 0 Å². The maximum atomic E-state index is 11.6. The van der Waals surface area contributed by atoms with E-state index in [9.17, 15) is 18.9 Å². The topological polar surface area (TPSA) is 107 Å². The molecule has 0 radical (unpaired) electrons. The molecule has 2 heterocycles. The van der Waals surface area contributed by atoms with Crippen LogP contribution in [0.4, 0.5) is 5.82 Å². The Bertz CT molecular complexity index is 834. The Morgan fingerprint density at radius 3 is 2.38 bits per heavy atom. The molecule has 24 heavy (non-hydrogen) atoms. The Hall–Kier alpha value is -2.12. The zero-order chi connectivity index (χ0) is 17.2. The van der Waals surface area contributed by atoms with Gasteiger partial charge in [0.25, 0.3) is 0 Å². The number of aromatic nitrogens is 1. The van der Waals surface area contributed by atoms with Crippen LogP contribution in [0.3, 0.4) is 0 Å². The molecule has 1 aromatic heterocycles. The van der Waals surface area contributed by atoms with Crippen molar-refractivity contribution in [1.82, 2.24) is 4.98 Å². The van der Waals surface area contributed by atoms with Gasteiger partial charge in [-0.05, 0) is 37.7 Å². The van der Waals surface area contributed by atoms with Gasteiger partial charge in [-0.1, -0.05) is 12.8 Å². The van der Waals surface area contributed by atoms with Gasteiger partial charge in [-0.2, -0.15) is 10.5 Å². The molecule has 1 fully saturated rings. The quantitative estimate of drug-likeness (QED) is 0.880. The fourth-order valence-corrected chi connectivity index (χ4v) is 5.21. The van der Waals surface area contributed by atoms with E-state index in [1.54, 1.807) is 0 Å². The Balaban J connectivity index is 2.01. The number of hydrogen-bond donors (Lipinski definition) is 1. The zero-order valence-corrected chi connectivity index (χ0v) is 14.3. The summed E-state index contributed by atoms with van der Waals surface area (Å²) in [5.74, 6) is 0.580. The summed E-state index contributed by atoms with van der Waals surface area (Å²) in [6, 6.07) is 4.04. The van der Waals surface area contributed by atoms with E-state index in [1.165, 1.54) is 0 Å². The molecule has 3 rings (SSSR count). The van der Waals surface area contributed by atoms with Crippen LogP contribution in [0.15, 0.2) is 0 Å². The number of nitrogens with one attached hydrogen (secondary N) is 1.